The van der Waals surface area contributed by atoms with Crippen LogP contribution >= 0.6 is 0 Å². The SMILES string of the molecule is CCCCCCCCCCCCCC(=O)OCC(CCNC(=O)CC(C)(C)OCCC(C)(C)OC)OC(=O)CCCCCCCCCCCCC. The van der Waals surface area contributed by atoms with E-state index in [2.05, 4.69) is 19.2 Å². The summed E-state index contributed by atoms with van der Waals surface area (Å²) in [4.78, 5) is 38.0. The van der Waals surface area contributed by atoms with Crippen LogP contribution in [0.5, 0.6) is 0 Å². The maximum atomic E-state index is 12.7. The second-order valence-electron chi connectivity index (χ2n) is 16.0. The van der Waals surface area contributed by atoms with E-state index in [0.29, 0.717) is 32.4 Å². The van der Waals surface area contributed by atoms with Crippen LogP contribution < -0.4 is 5.32 Å². The highest BCUT2D eigenvalue weighted by Crippen LogP contribution is 2.19. The molecule has 0 aromatic carbocycles. The Morgan fingerprint density at radius 1 is 0.588 bits per heavy atom. The smallest absolute Gasteiger partial charge is 0.306 e. The molecule has 0 fully saturated rings. The summed E-state index contributed by atoms with van der Waals surface area (Å²) in [6.07, 6.45) is 28.3. The van der Waals surface area contributed by atoms with Gasteiger partial charge in [0, 0.05) is 32.9 Å². The molecule has 0 heterocycles. The number of ether oxygens (including phenoxy) is 4. The fourth-order valence-electron chi connectivity index (χ4n) is 6.09. The third-order valence-electron chi connectivity index (χ3n) is 9.82. The standard InChI is InChI=1S/C43H83NO7/c1-8-10-12-14-16-18-20-22-24-26-28-30-40(46)49-37-38(51-41(47)31-29-27-25-23-21-19-17-15-13-11-9-2)32-34-44-39(45)36-43(5,6)50-35-33-42(3,4)48-7/h38H,8-37H2,1-7H3,(H,44,45). The monoisotopic (exact) mass is 726 g/mol. The van der Waals surface area contributed by atoms with Gasteiger partial charge in [0.2, 0.25) is 5.91 Å². The number of hydrogen-bond acceptors (Lipinski definition) is 7. The molecule has 0 aromatic rings. The highest BCUT2D eigenvalue weighted by atomic mass is 16.6. The Morgan fingerprint density at radius 2 is 1.02 bits per heavy atom. The van der Waals surface area contributed by atoms with Gasteiger partial charge in [0.15, 0.2) is 0 Å². The molecule has 0 rings (SSSR count). The first kappa shape index (κ1) is 49.3. The summed E-state index contributed by atoms with van der Waals surface area (Å²) >= 11 is 0. The normalized spacial score (nSPS) is 12.5. The van der Waals surface area contributed by atoms with E-state index < -0.39 is 11.7 Å². The average Bonchev–Trinajstić information content (AvgIpc) is 3.08. The quantitative estimate of drug-likeness (QED) is 0.0502. The maximum absolute atomic E-state index is 12.7. The number of nitrogens with one attached hydrogen (secondary N) is 1. The summed E-state index contributed by atoms with van der Waals surface area (Å²) < 4.78 is 22.8. The first-order valence-corrected chi connectivity index (χ1v) is 21.3. The van der Waals surface area contributed by atoms with Gasteiger partial charge in [-0.3, -0.25) is 14.4 Å². The van der Waals surface area contributed by atoms with Gasteiger partial charge in [0.1, 0.15) is 12.7 Å². The van der Waals surface area contributed by atoms with Gasteiger partial charge in [-0.2, -0.15) is 0 Å². The molecule has 0 spiro atoms. The van der Waals surface area contributed by atoms with E-state index in [1.807, 2.05) is 27.7 Å². The lowest BCUT2D eigenvalue weighted by Crippen LogP contribution is -2.37. The zero-order valence-corrected chi connectivity index (χ0v) is 34.6. The molecule has 51 heavy (non-hydrogen) atoms. The number of carbonyl (C=O) groups excluding carboxylic acids is 3. The van der Waals surface area contributed by atoms with Gasteiger partial charge in [-0.25, -0.2) is 0 Å². The summed E-state index contributed by atoms with van der Waals surface area (Å²) in [5.41, 5.74) is -0.910. The van der Waals surface area contributed by atoms with Crippen molar-refractivity contribution in [3.63, 3.8) is 0 Å². The van der Waals surface area contributed by atoms with E-state index in [1.165, 1.54) is 103 Å². The molecule has 1 atom stereocenters. The lowest BCUT2D eigenvalue weighted by molar-refractivity contribution is -0.159. The second kappa shape index (κ2) is 32.9. The molecule has 0 saturated heterocycles. The molecule has 1 N–H and O–H groups in total. The molecule has 0 aliphatic carbocycles. The summed E-state index contributed by atoms with van der Waals surface area (Å²) in [5.74, 6) is -0.653. The third kappa shape index (κ3) is 33.9. The van der Waals surface area contributed by atoms with Crippen LogP contribution in [0.25, 0.3) is 0 Å². The van der Waals surface area contributed by atoms with Crippen LogP contribution in [-0.4, -0.2) is 62.0 Å². The Balaban J connectivity index is 4.57. The van der Waals surface area contributed by atoms with Crippen molar-refractivity contribution in [2.24, 2.45) is 0 Å². The lowest BCUT2D eigenvalue weighted by atomic mass is 10.0. The topological polar surface area (TPSA) is 100 Å². The van der Waals surface area contributed by atoms with E-state index in [9.17, 15) is 14.4 Å². The van der Waals surface area contributed by atoms with Crippen molar-refractivity contribution in [1.29, 1.82) is 0 Å². The average molecular weight is 726 g/mol. The van der Waals surface area contributed by atoms with Crippen molar-refractivity contribution < 1.29 is 33.3 Å². The number of amides is 1. The zero-order chi connectivity index (χ0) is 38.1. The molecule has 302 valence electrons. The first-order chi connectivity index (χ1) is 24.4. The van der Waals surface area contributed by atoms with Crippen LogP contribution in [0, 0.1) is 0 Å². The van der Waals surface area contributed by atoms with Gasteiger partial charge in [-0.05, 0) is 47.0 Å². The van der Waals surface area contributed by atoms with E-state index in [4.69, 9.17) is 18.9 Å². The molecule has 1 unspecified atom stereocenters. The number of carbonyl (C=O) groups is 3. The predicted octanol–water partition coefficient (Wildman–Crippen LogP) is 11.4. The maximum Gasteiger partial charge on any atom is 0.306 e. The van der Waals surface area contributed by atoms with Crippen LogP contribution in [0.4, 0.5) is 0 Å². The fraction of sp³-hybridized carbons (Fsp3) is 0.930. The highest BCUT2D eigenvalue weighted by Gasteiger charge is 2.25. The zero-order valence-electron chi connectivity index (χ0n) is 34.6. The van der Waals surface area contributed by atoms with Crippen molar-refractivity contribution in [2.75, 3.05) is 26.9 Å². The molecule has 0 radical (unpaired) electrons. The van der Waals surface area contributed by atoms with Gasteiger partial charge in [0.25, 0.3) is 0 Å². The van der Waals surface area contributed by atoms with E-state index >= 15 is 0 Å². The molecule has 0 aliphatic heterocycles. The second-order valence-corrected chi connectivity index (χ2v) is 16.0. The van der Waals surface area contributed by atoms with Crippen molar-refractivity contribution >= 4 is 17.8 Å². The van der Waals surface area contributed by atoms with Crippen molar-refractivity contribution in [1.82, 2.24) is 5.32 Å². The molecule has 0 bridgehead atoms. The van der Waals surface area contributed by atoms with Gasteiger partial charge in [0.05, 0.1) is 24.2 Å². The van der Waals surface area contributed by atoms with Crippen LogP contribution in [0.15, 0.2) is 0 Å². The lowest BCUT2D eigenvalue weighted by Gasteiger charge is -2.28. The van der Waals surface area contributed by atoms with E-state index in [1.54, 1.807) is 7.11 Å². The molecule has 8 heteroatoms. The number of hydrogen-bond donors (Lipinski definition) is 1. The summed E-state index contributed by atoms with van der Waals surface area (Å²) in [5, 5.41) is 2.94. The number of methoxy groups -OCH3 is 1. The Morgan fingerprint density at radius 3 is 1.47 bits per heavy atom. The minimum atomic E-state index is -0.627. The van der Waals surface area contributed by atoms with Crippen LogP contribution in [0.2, 0.25) is 0 Å². The van der Waals surface area contributed by atoms with Crippen LogP contribution in [0.1, 0.15) is 215 Å². The highest BCUT2D eigenvalue weighted by molar-refractivity contribution is 5.76. The molecule has 8 nitrogen and oxygen atoms in total. The Labute approximate surface area is 315 Å². The van der Waals surface area contributed by atoms with E-state index in [0.717, 1.165) is 44.9 Å². The summed E-state index contributed by atoms with van der Waals surface area (Å²) in [7, 11) is 1.68. The van der Waals surface area contributed by atoms with Gasteiger partial charge >= 0.3 is 11.9 Å². The van der Waals surface area contributed by atoms with Gasteiger partial charge < -0.3 is 24.3 Å². The largest absolute Gasteiger partial charge is 0.462 e. The molecule has 0 aromatic heterocycles. The Hall–Kier alpha value is -1.67. The van der Waals surface area contributed by atoms with Crippen molar-refractivity contribution in [3.05, 3.63) is 0 Å². The minimum absolute atomic E-state index is 0.0145. The number of esters is 2. The number of rotatable bonds is 37. The van der Waals surface area contributed by atoms with Gasteiger partial charge in [-0.1, -0.05) is 142 Å². The minimum Gasteiger partial charge on any atom is -0.462 e. The van der Waals surface area contributed by atoms with E-state index in [-0.39, 0.29) is 36.5 Å². The van der Waals surface area contributed by atoms with Crippen LogP contribution in [-0.2, 0) is 33.3 Å². The third-order valence-corrected chi connectivity index (χ3v) is 9.82. The molecular weight excluding hydrogens is 642 g/mol. The Bertz CT molecular complexity index is 844. The first-order valence-electron chi connectivity index (χ1n) is 21.3. The number of unbranched alkanes of at least 4 members (excludes halogenated alkanes) is 20. The summed E-state index contributed by atoms with van der Waals surface area (Å²) in [6, 6.07) is 0. The predicted molar refractivity (Wildman–Crippen MR) is 211 cm³/mol. The molecular formula is C43H83NO7. The molecule has 0 aliphatic rings. The molecule has 0 saturated carbocycles. The summed E-state index contributed by atoms with van der Waals surface area (Å²) in [6.45, 7) is 13.1. The Kier molecular flexibility index (Phi) is 31.9. The van der Waals surface area contributed by atoms with Crippen molar-refractivity contribution in [2.45, 2.75) is 232 Å². The fourth-order valence-corrected chi connectivity index (χ4v) is 6.09. The van der Waals surface area contributed by atoms with Crippen LogP contribution in [0.3, 0.4) is 0 Å². The van der Waals surface area contributed by atoms with Gasteiger partial charge in [-0.15, -0.1) is 0 Å². The molecule has 1 amide bonds. The van der Waals surface area contributed by atoms with Crippen molar-refractivity contribution in [3.8, 4) is 0 Å².